The molecule has 5 heteroatoms. The third kappa shape index (κ3) is 5.94. The van der Waals surface area contributed by atoms with Crippen molar-refractivity contribution in [1.82, 2.24) is 5.32 Å². The number of hydrogen-bond donors (Lipinski definition) is 2. The van der Waals surface area contributed by atoms with Gasteiger partial charge in [0.05, 0.1) is 16.5 Å². The van der Waals surface area contributed by atoms with Crippen LogP contribution in [0.3, 0.4) is 0 Å². The zero-order chi connectivity index (χ0) is 18.4. The van der Waals surface area contributed by atoms with E-state index in [1.807, 2.05) is 58.0 Å². The first kappa shape index (κ1) is 19.1. The standard InChI is InChI=1S/C20H24N2O2S/c1-14(25-15-10-6-5-7-11-15)18(23)21-17-13-9-8-12-16(17)19(24)22-20(2,3)4/h5-14H,1-4H3,(H,21,23)(H,22,24)/t14-/m1/s1. The molecule has 2 aromatic rings. The van der Waals surface area contributed by atoms with Crippen molar-refractivity contribution in [2.45, 2.75) is 43.4 Å². The first-order chi connectivity index (χ1) is 11.8. The number of thioether (sulfide) groups is 1. The number of carbonyl (C=O) groups is 2. The van der Waals surface area contributed by atoms with E-state index in [9.17, 15) is 9.59 Å². The van der Waals surface area contributed by atoms with Gasteiger partial charge in [0.1, 0.15) is 0 Å². The smallest absolute Gasteiger partial charge is 0.253 e. The average molecular weight is 356 g/mol. The van der Waals surface area contributed by atoms with E-state index >= 15 is 0 Å². The molecule has 2 amide bonds. The lowest BCUT2D eigenvalue weighted by molar-refractivity contribution is -0.115. The second kappa shape index (κ2) is 8.21. The normalized spacial score (nSPS) is 12.3. The molecule has 0 heterocycles. The second-order valence-electron chi connectivity index (χ2n) is 6.81. The molecule has 2 N–H and O–H groups in total. The molecule has 4 nitrogen and oxygen atoms in total. The largest absolute Gasteiger partial charge is 0.347 e. The summed E-state index contributed by atoms with van der Waals surface area (Å²) in [5.74, 6) is -0.336. The Morgan fingerprint density at radius 1 is 0.960 bits per heavy atom. The molecule has 0 bridgehead atoms. The molecule has 0 aromatic heterocycles. The third-order valence-corrected chi connectivity index (χ3v) is 4.46. The molecule has 0 spiro atoms. The van der Waals surface area contributed by atoms with Gasteiger partial charge in [-0.15, -0.1) is 11.8 Å². The Morgan fingerprint density at radius 3 is 2.20 bits per heavy atom. The van der Waals surface area contributed by atoms with Crippen molar-refractivity contribution in [3.05, 3.63) is 60.2 Å². The second-order valence-corrected chi connectivity index (χ2v) is 8.23. The molecule has 0 fully saturated rings. The summed E-state index contributed by atoms with van der Waals surface area (Å²) in [6.07, 6.45) is 0. The van der Waals surface area contributed by atoms with Gasteiger partial charge in [-0.3, -0.25) is 9.59 Å². The Bertz CT molecular complexity index is 739. The minimum absolute atomic E-state index is 0.134. The Morgan fingerprint density at radius 2 is 1.56 bits per heavy atom. The van der Waals surface area contributed by atoms with Gasteiger partial charge in [0.2, 0.25) is 5.91 Å². The lowest BCUT2D eigenvalue weighted by Gasteiger charge is -2.22. The average Bonchev–Trinajstić information content (AvgIpc) is 2.54. The Hall–Kier alpha value is -2.27. The van der Waals surface area contributed by atoms with Crippen LogP contribution in [0, 0.1) is 0 Å². The van der Waals surface area contributed by atoms with Gasteiger partial charge in [0, 0.05) is 10.4 Å². The molecule has 0 radical (unpaired) electrons. The number of carbonyl (C=O) groups excluding carboxylic acids is 2. The van der Waals surface area contributed by atoms with Crippen LogP contribution < -0.4 is 10.6 Å². The van der Waals surface area contributed by atoms with Gasteiger partial charge in [0.15, 0.2) is 0 Å². The van der Waals surface area contributed by atoms with E-state index in [2.05, 4.69) is 10.6 Å². The maximum Gasteiger partial charge on any atom is 0.253 e. The molecular formula is C20H24N2O2S. The molecule has 0 aliphatic carbocycles. The highest BCUT2D eigenvalue weighted by Crippen LogP contribution is 2.24. The molecule has 2 rings (SSSR count). The van der Waals surface area contributed by atoms with Crippen LogP contribution in [0.2, 0.25) is 0 Å². The molecular weight excluding hydrogens is 332 g/mol. The van der Waals surface area contributed by atoms with Crippen molar-refractivity contribution in [2.75, 3.05) is 5.32 Å². The van der Waals surface area contributed by atoms with E-state index in [4.69, 9.17) is 0 Å². The first-order valence-corrected chi connectivity index (χ1v) is 9.08. The van der Waals surface area contributed by atoms with Gasteiger partial charge in [-0.1, -0.05) is 30.3 Å². The van der Waals surface area contributed by atoms with Crippen LogP contribution in [0.5, 0.6) is 0 Å². The summed E-state index contributed by atoms with van der Waals surface area (Å²) in [4.78, 5) is 26.0. The summed E-state index contributed by atoms with van der Waals surface area (Å²) in [6, 6.07) is 16.8. The number of amides is 2. The van der Waals surface area contributed by atoms with E-state index < -0.39 is 0 Å². The molecule has 25 heavy (non-hydrogen) atoms. The molecule has 132 valence electrons. The van der Waals surface area contributed by atoms with E-state index in [-0.39, 0.29) is 22.6 Å². The molecule has 0 saturated heterocycles. The van der Waals surface area contributed by atoms with Crippen molar-refractivity contribution < 1.29 is 9.59 Å². The predicted molar refractivity (Wildman–Crippen MR) is 104 cm³/mol. The topological polar surface area (TPSA) is 58.2 Å². The highest BCUT2D eigenvalue weighted by molar-refractivity contribution is 8.00. The molecule has 0 aliphatic rings. The molecule has 0 unspecified atom stereocenters. The third-order valence-electron chi connectivity index (χ3n) is 3.34. The van der Waals surface area contributed by atoms with E-state index in [0.717, 1.165) is 4.90 Å². The van der Waals surface area contributed by atoms with Crippen LogP contribution in [0.1, 0.15) is 38.1 Å². The number of rotatable bonds is 5. The van der Waals surface area contributed by atoms with Gasteiger partial charge in [0.25, 0.3) is 5.91 Å². The Balaban J connectivity index is 2.09. The maximum absolute atomic E-state index is 12.5. The van der Waals surface area contributed by atoms with E-state index in [0.29, 0.717) is 11.3 Å². The fourth-order valence-electron chi connectivity index (χ4n) is 2.19. The molecule has 0 aliphatic heterocycles. The minimum atomic E-state index is -0.343. The zero-order valence-corrected chi connectivity index (χ0v) is 15.8. The van der Waals surface area contributed by atoms with E-state index in [1.165, 1.54) is 11.8 Å². The monoisotopic (exact) mass is 356 g/mol. The van der Waals surface area contributed by atoms with Gasteiger partial charge in [-0.25, -0.2) is 0 Å². The van der Waals surface area contributed by atoms with Gasteiger partial charge >= 0.3 is 0 Å². The van der Waals surface area contributed by atoms with Crippen molar-refractivity contribution in [1.29, 1.82) is 0 Å². The van der Waals surface area contributed by atoms with Crippen LogP contribution in [-0.2, 0) is 4.79 Å². The van der Waals surface area contributed by atoms with Gasteiger partial charge in [-0.05, 0) is 52.0 Å². The number of anilines is 1. The molecule has 1 atom stereocenters. The summed E-state index contributed by atoms with van der Waals surface area (Å²) in [5, 5.41) is 5.52. The van der Waals surface area contributed by atoms with E-state index in [1.54, 1.807) is 24.3 Å². The van der Waals surface area contributed by atoms with Crippen molar-refractivity contribution in [3.63, 3.8) is 0 Å². The summed E-state index contributed by atoms with van der Waals surface area (Å²) < 4.78 is 0. The lowest BCUT2D eigenvalue weighted by atomic mass is 10.1. The Labute approximate surface area is 153 Å². The van der Waals surface area contributed by atoms with Crippen LogP contribution in [0.25, 0.3) is 0 Å². The predicted octanol–water partition coefficient (Wildman–Crippen LogP) is 4.33. The molecule has 0 saturated carbocycles. The van der Waals surface area contributed by atoms with Crippen LogP contribution in [-0.4, -0.2) is 22.6 Å². The number of para-hydroxylation sites is 1. The highest BCUT2D eigenvalue weighted by atomic mass is 32.2. The SMILES string of the molecule is C[C@@H](Sc1ccccc1)C(=O)Nc1ccccc1C(=O)NC(C)(C)C. The summed E-state index contributed by atoms with van der Waals surface area (Å²) in [6.45, 7) is 7.62. The van der Waals surface area contributed by atoms with Gasteiger partial charge in [-0.2, -0.15) is 0 Å². The number of hydrogen-bond acceptors (Lipinski definition) is 3. The summed E-state index contributed by atoms with van der Waals surface area (Å²) in [7, 11) is 0. The fraction of sp³-hybridized carbons (Fsp3) is 0.300. The van der Waals surface area contributed by atoms with Crippen LogP contribution >= 0.6 is 11.8 Å². The lowest BCUT2D eigenvalue weighted by Crippen LogP contribution is -2.41. The first-order valence-electron chi connectivity index (χ1n) is 8.20. The summed E-state index contributed by atoms with van der Waals surface area (Å²) in [5.41, 5.74) is 0.641. The maximum atomic E-state index is 12.5. The van der Waals surface area contributed by atoms with Crippen LogP contribution in [0.15, 0.2) is 59.5 Å². The number of nitrogens with one attached hydrogen (secondary N) is 2. The minimum Gasteiger partial charge on any atom is -0.347 e. The van der Waals surface area contributed by atoms with Crippen molar-refractivity contribution >= 4 is 29.3 Å². The van der Waals surface area contributed by atoms with Crippen molar-refractivity contribution in [3.8, 4) is 0 Å². The number of benzene rings is 2. The molecule has 2 aromatic carbocycles. The summed E-state index contributed by atoms with van der Waals surface area (Å²) >= 11 is 1.48. The van der Waals surface area contributed by atoms with Crippen LogP contribution in [0.4, 0.5) is 5.69 Å². The van der Waals surface area contributed by atoms with Crippen molar-refractivity contribution in [2.24, 2.45) is 0 Å². The highest BCUT2D eigenvalue weighted by Gasteiger charge is 2.20. The Kier molecular flexibility index (Phi) is 6.26. The quantitative estimate of drug-likeness (QED) is 0.784. The zero-order valence-electron chi connectivity index (χ0n) is 15.0. The fourth-order valence-corrected chi connectivity index (χ4v) is 3.08. The van der Waals surface area contributed by atoms with Gasteiger partial charge < -0.3 is 10.6 Å².